The van der Waals surface area contributed by atoms with Crippen LogP contribution in [0.1, 0.15) is 56.1 Å². The van der Waals surface area contributed by atoms with E-state index < -0.39 is 5.92 Å². The predicted octanol–water partition coefficient (Wildman–Crippen LogP) is 5.62. The minimum atomic E-state index is -0.419. The van der Waals surface area contributed by atoms with Crippen molar-refractivity contribution in [3.63, 3.8) is 0 Å². The van der Waals surface area contributed by atoms with Gasteiger partial charge < -0.3 is 15.4 Å². The first kappa shape index (κ1) is 24.6. The lowest BCUT2D eigenvalue weighted by molar-refractivity contribution is -0.116. The average molecular weight is 488 g/mol. The molecule has 2 aliphatic rings. The third-order valence-electron chi connectivity index (χ3n) is 6.32. The van der Waals surface area contributed by atoms with Gasteiger partial charge in [-0.3, -0.25) is 9.59 Å². The Morgan fingerprint density at radius 3 is 2.51 bits per heavy atom. The van der Waals surface area contributed by atoms with Crippen molar-refractivity contribution < 1.29 is 14.3 Å². The molecule has 0 spiro atoms. The van der Waals surface area contributed by atoms with Crippen molar-refractivity contribution in [2.24, 2.45) is 0 Å². The van der Waals surface area contributed by atoms with Crippen LogP contribution in [0, 0.1) is 11.3 Å². The Bertz CT molecular complexity index is 1220. The van der Waals surface area contributed by atoms with Crippen molar-refractivity contribution in [2.75, 3.05) is 18.2 Å². The summed E-state index contributed by atoms with van der Waals surface area (Å²) in [5.74, 6) is 0.734. The van der Waals surface area contributed by atoms with Crippen LogP contribution in [0.25, 0.3) is 0 Å². The summed E-state index contributed by atoms with van der Waals surface area (Å²) in [6, 6.07) is 17.7. The van der Waals surface area contributed by atoms with E-state index in [2.05, 4.69) is 42.7 Å². The second-order valence-corrected chi connectivity index (χ2v) is 9.95. The summed E-state index contributed by atoms with van der Waals surface area (Å²) in [5.41, 5.74) is 4.86. The fourth-order valence-corrected chi connectivity index (χ4v) is 5.32. The zero-order chi connectivity index (χ0) is 24.9. The second kappa shape index (κ2) is 10.8. The van der Waals surface area contributed by atoms with E-state index in [0.29, 0.717) is 40.0 Å². The molecule has 0 aromatic heterocycles. The maximum Gasteiger partial charge on any atom is 0.234 e. The Hall–Kier alpha value is -3.50. The molecule has 180 valence electrons. The van der Waals surface area contributed by atoms with Crippen molar-refractivity contribution in [2.45, 2.75) is 44.9 Å². The minimum Gasteiger partial charge on any atom is -0.497 e. The van der Waals surface area contributed by atoms with Gasteiger partial charge >= 0.3 is 0 Å². The number of thioether (sulfide) groups is 1. The highest BCUT2D eigenvalue weighted by atomic mass is 32.2. The van der Waals surface area contributed by atoms with E-state index in [1.165, 1.54) is 17.3 Å². The number of Topliss-reactive ketones (excluding diaryl/α,β-unsaturated/α-hetero) is 1. The number of nitrogens with one attached hydrogen (secondary N) is 2. The Balaban J connectivity index is 1.59. The molecule has 2 N–H and O–H groups in total. The number of dihydropyridines is 1. The highest BCUT2D eigenvalue weighted by Gasteiger charge is 2.37. The number of amides is 1. The van der Waals surface area contributed by atoms with Crippen molar-refractivity contribution >= 4 is 29.1 Å². The number of ether oxygens (including phenoxy) is 1. The van der Waals surface area contributed by atoms with Gasteiger partial charge in [0.15, 0.2) is 5.78 Å². The average Bonchev–Trinajstić information content (AvgIpc) is 2.87. The number of methoxy groups -OCH3 is 1. The van der Waals surface area contributed by atoms with Crippen molar-refractivity contribution in [3.8, 4) is 11.8 Å². The van der Waals surface area contributed by atoms with Crippen molar-refractivity contribution in [3.05, 3.63) is 81.5 Å². The number of nitriles is 1. The van der Waals surface area contributed by atoms with E-state index in [4.69, 9.17) is 4.74 Å². The zero-order valence-electron chi connectivity index (χ0n) is 20.2. The van der Waals surface area contributed by atoms with E-state index in [0.717, 1.165) is 24.1 Å². The summed E-state index contributed by atoms with van der Waals surface area (Å²) < 4.78 is 5.15. The monoisotopic (exact) mass is 487 g/mol. The Labute approximate surface area is 210 Å². The highest BCUT2D eigenvalue weighted by Crippen LogP contribution is 2.44. The first-order chi connectivity index (χ1) is 16.9. The van der Waals surface area contributed by atoms with E-state index in [-0.39, 0.29) is 17.4 Å². The summed E-state index contributed by atoms with van der Waals surface area (Å²) in [6.07, 6.45) is 2.02. The molecule has 1 heterocycles. The second-order valence-electron chi connectivity index (χ2n) is 8.97. The first-order valence-corrected chi connectivity index (χ1v) is 12.7. The maximum absolute atomic E-state index is 13.0. The lowest BCUT2D eigenvalue weighted by Crippen LogP contribution is -2.31. The number of ketones is 1. The maximum atomic E-state index is 13.0. The molecule has 0 unspecified atom stereocenters. The molecule has 0 fully saturated rings. The van der Waals surface area contributed by atoms with Gasteiger partial charge in [0.1, 0.15) is 5.75 Å². The standard InChI is InChI=1S/C28H29N3O3S/c1-17(2)18-7-9-19(10-8-18)26-22(15-29)28(31-23-5-4-6-24(32)27(23)26)35-16-25(33)30-20-11-13-21(34-3)14-12-20/h7-14,17,26,31H,4-6,16H2,1-3H3,(H,30,33)/t26-/m1/s1. The molecule has 6 nitrogen and oxygen atoms in total. The van der Waals surface area contributed by atoms with E-state index in [1.807, 2.05) is 12.1 Å². The van der Waals surface area contributed by atoms with Gasteiger partial charge in [-0.1, -0.05) is 49.9 Å². The van der Waals surface area contributed by atoms with Crippen LogP contribution in [0.5, 0.6) is 5.75 Å². The van der Waals surface area contributed by atoms with Gasteiger partial charge in [0, 0.05) is 23.4 Å². The van der Waals surface area contributed by atoms with Crippen LogP contribution >= 0.6 is 11.8 Å². The number of rotatable bonds is 7. The molecule has 0 bridgehead atoms. The molecule has 1 aliphatic heterocycles. The molecule has 2 aromatic carbocycles. The van der Waals surface area contributed by atoms with Gasteiger partial charge in [-0.25, -0.2) is 0 Å². The number of hydrogen-bond acceptors (Lipinski definition) is 6. The van der Waals surface area contributed by atoms with Gasteiger partial charge in [0.05, 0.1) is 35.5 Å². The Morgan fingerprint density at radius 2 is 1.89 bits per heavy atom. The lowest BCUT2D eigenvalue weighted by atomic mass is 9.76. The molecule has 0 radical (unpaired) electrons. The third-order valence-corrected chi connectivity index (χ3v) is 7.34. The number of nitrogens with zero attached hydrogens (tertiary/aromatic N) is 1. The predicted molar refractivity (Wildman–Crippen MR) is 139 cm³/mol. The Morgan fingerprint density at radius 1 is 1.17 bits per heavy atom. The van der Waals surface area contributed by atoms with Gasteiger partial charge in [-0.05, 0) is 54.2 Å². The zero-order valence-corrected chi connectivity index (χ0v) is 21.0. The van der Waals surface area contributed by atoms with Crippen LogP contribution in [-0.4, -0.2) is 24.6 Å². The fourth-order valence-electron chi connectivity index (χ4n) is 4.45. The van der Waals surface area contributed by atoms with Gasteiger partial charge in [0.2, 0.25) is 5.91 Å². The SMILES string of the molecule is COc1ccc(NC(=O)CSC2=C(C#N)[C@@H](c3ccc(C(C)C)cc3)C3=C(CCCC3=O)N2)cc1. The summed E-state index contributed by atoms with van der Waals surface area (Å²) in [6.45, 7) is 4.27. The Kier molecular flexibility index (Phi) is 7.62. The van der Waals surface area contributed by atoms with E-state index in [1.54, 1.807) is 31.4 Å². The summed E-state index contributed by atoms with van der Waals surface area (Å²) in [7, 11) is 1.59. The summed E-state index contributed by atoms with van der Waals surface area (Å²) in [5, 5.41) is 17.0. The molecule has 1 aliphatic carbocycles. The van der Waals surface area contributed by atoms with Crippen molar-refractivity contribution in [1.29, 1.82) is 5.26 Å². The molecule has 1 atom stereocenters. The van der Waals surface area contributed by atoms with Crippen LogP contribution in [0.3, 0.4) is 0 Å². The van der Waals surface area contributed by atoms with Gasteiger partial charge in [-0.2, -0.15) is 5.26 Å². The number of benzene rings is 2. The highest BCUT2D eigenvalue weighted by molar-refractivity contribution is 8.03. The molecule has 2 aromatic rings. The van der Waals surface area contributed by atoms with Crippen molar-refractivity contribution in [1.82, 2.24) is 5.32 Å². The first-order valence-electron chi connectivity index (χ1n) is 11.7. The molecule has 1 amide bonds. The van der Waals surface area contributed by atoms with Crippen LogP contribution in [-0.2, 0) is 9.59 Å². The van der Waals surface area contributed by atoms with Crippen LogP contribution in [0.4, 0.5) is 5.69 Å². The van der Waals surface area contributed by atoms with Crippen LogP contribution < -0.4 is 15.4 Å². The number of allylic oxidation sites excluding steroid dienone is 3. The largest absolute Gasteiger partial charge is 0.497 e. The van der Waals surface area contributed by atoms with Crippen LogP contribution in [0.2, 0.25) is 0 Å². The molecule has 4 rings (SSSR count). The quantitative estimate of drug-likeness (QED) is 0.527. The topological polar surface area (TPSA) is 91.2 Å². The molecule has 0 saturated heterocycles. The summed E-state index contributed by atoms with van der Waals surface area (Å²) in [4.78, 5) is 25.6. The summed E-state index contributed by atoms with van der Waals surface area (Å²) >= 11 is 1.29. The molecular formula is C28H29N3O3S. The number of hydrogen-bond donors (Lipinski definition) is 2. The molecule has 0 saturated carbocycles. The number of carbonyl (C=O) groups is 2. The van der Waals surface area contributed by atoms with Gasteiger partial charge in [0.25, 0.3) is 0 Å². The van der Waals surface area contributed by atoms with E-state index in [9.17, 15) is 14.9 Å². The molecule has 7 heteroatoms. The van der Waals surface area contributed by atoms with E-state index >= 15 is 0 Å². The molecule has 35 heavy (non-hydrogen) atoms. The normalized spacial score (nSPS) is 17.6. The minimum absolute atomic E-state index is 0.0886. The van der Waals surface area contributed by atoms with Gasteiger partial charge in [-0.15, -0.1) is 0 Å². The molecular weight excluding hydrogens is 458 g/mol. The number of anilines is 1. The number of carbonyl (C=O) groups excluding carboxylic acids is 2. The van der Waals surface area contributed by atoms with Crippen LogP contribution in [0.15, 0.2) is 70.4 Å². The lowest BCUT2D eigenvalue weighted by Gasteiger charge is -2.33. The fraction of sp³-hybridized carbons (Fsp3) is 0.321. The third kappa shape index (κ3) is 5.44. The smallest absolute Gasteiger partial charge is 0.234 e.